The van der Waals surface area contributed by atoms with Gasteiger partial charge in [-0.15, -0.1) is 0 Å². The highest BCUT2D eigenvalue weighted by molar-refractivity contribution is 7.91. The van der Waals surface area contributed by atoms with E-state index in [0.717, 1.165) is 11.6 Å². The third kappa shape index (κ3) is 5.33. The van der Waals surface area contributed by atoms with Gasteiger partial charge in [-0.2, -0.15) is 0 Å². The van der Waals surface area contributed by atoms with E-state index in [1.54, 1.807) is 18.2 Å². The van der Waals surface area contributed by atoms with Crippen molar-refractivity contribution in [1.82, 2.24) is 5.32 Å². The summed E-state index contributed by atoms with van der Waals surface area (Å²) < 4.78 is 37.9. The number of nitrogens with one attached hydrogen (secondary N) is 1. The van der Waals surface area contributed by atoms with Gasteiger partial charge in [0.1, 0.15) is 10.7 Å². The molecule has 0 radical (unpaired) electrons. The fraction of sp³-hybridized carbons (Fsp3) is 0.235. The van der Waals surface area contributed by atoms with Crippen LogP contribution in [0.15, 0.2) is 52.4 Å². The summed E-state index contributed by atoms with van der Waals surface area (Å²) in [5, 5.41) is 3.92. The third-order valence-corrected chi connectivity index (χ3v) is 5.89. The lowest BCUT2D eigenvalue weighted by atomic mass is 10.1. The molecule has 0 aliphatic carbocycles. The van der Waals surface area contributed by atoms with Gasteiger partial charge in [-0.05, 0) is 36.8 Å². The van der Waals surface area contributed by atoms with Crippen molar-refractivity contribution < 1.29 is 12.8 Å². The molecular formula is C17H18Cl2FN3O2S. The molecule has 1 unspecified atom stereocenters. The van der Waals surface area contributed by atoms with Gasteiger partial charge in [-0.3, -0.25) is 4.99 Å². The maximum atomic E-state index is 13.6. The molecule has 0 heterocycles. The van der Waals surface area contributed by atoms with Crippen LogP contribution >= 0.6 is 23.2 Å². The summed E-state index contributed by atoms with van der Waals surface area (Å²) in [4.78, 5) is 3.65. The number of hydrogen-bond donors (Lipinski definition) is 2. The van der Waals surface area contributed by atoms with Crippen molar-refractivity contribution in [1.29, 1.82) is 0 Å². The molecule has 26 heavy (non-hydrogen) atoms. The summed E-state index contributed by atoms with van der Waals surface area (Å²) >= 11 is 12.0. The highest BCUT2D eigenvalue weighted by Crippen LogP contribution is 2.25. The summed E-state index contributed by atoms with van der Waals surface area (Å²) in [5.74, 6) is -1.08. The van der Waals surface area contributed by atoms with Crippen LogP contribution in [0.2, 0.25) is 10.0 Å². The molecule has 0 spiro atoms. The van der Waals surface area contributed by atoms with Gasteiger partial charge in [0, 0.05) is 10.0 Å². The van der Waals surface area contributed by atoms with Gasteiger partial charge in [0.25, 0.3) is 0 Å². The minimum absolute atomic E-state index is 0.0623. The van der Waals surface area contributed by atoms with E-state index < -0.39 is 15.7 Å². The lowest BCUT2D eigenvalue weighted by Crippen LogP contribution is -2.34. The largest absolute Gasteiger partial charge is 0.370 e. The van der Waals surface area contributed by atoms with Crippen LogP contribution in [0.3, 0.4) is 0 Å². The van der Waals surface area contributed by atoms with Gasteiger partial charge in [0.2, 0.25) is 0 Å². The molecular weight excluding hydrogens is 400 g/mol. The quantitative estimate of drug-likeness (QED) is 0.555. The summed E-state index contributed by atoms with van der Waals surface area (Å²) in [6, 6.07) is 10.0. The number of hydrogen-bond acceptors (Lipinski definition) is 3. The Labute approximate surface area is 161 Å². The van der Waals surface area contributed by atoms with Gasteiger partial charge in [-0.1, -0.05) is 41.4 Å². The molecule has 0 saturated heterocycles. The molecule has 0 bridgehead atoms. The van der Waals surface area contributed by atoms with E-state index in [4.69, 9.17) is 28.9 Å². The molecule has 0 saturated carbocycles. The van der Waals surface area contributed by atoms with E-state index in [1.165, 1.54) is 18.2 Å². The molecule has 0 aliphatic heterocycles. The normalized spacial score (nSPS) is 13.5. The first kappa shape index (κ1) is 20.5. The van der Waals surface area contributed by atoms with Gasteiger partial charge in [0.05, 0.1) is 18.3 Å². The van der Waals surface area contributed by atoms with Crippen molar-refractivity contribution >= 4 is 39.0 Å². The second-order valence-electron chi connectivity index (χ2n) is 5.55. The van der Waals surface area contributed by atoms with Gasteiger partial charge in [-0.25, -0.2) is 12.8 Å². The summed E-state index contributed by atoms with van der Waals surface area (Å²) in [6.07, 6.45) is 0. The fourth-order valence-corrected chi connectivity index (χ4v) is 4.07. The minimum atomic E-state index is -3.78. The van der Waals surface area contributed by atoms with Crippen molar-refractivity contribution in [2.75, 3.05) is 12.3 Å². The number of aliphatic imine (C=N–C) groups is 1. The maximum Gasteiger partial charge on any atom is 0.189 e. The Balaban J connectivity index is 1.99. The van der Waals surface area contributed by atoms with E-state index in [1.807, 2.05) is 6.92 Å². The minimum Gasteiger partial charge on any atom is -0.370 e. The molecule has 2 aromatic carbocycles. The Morgan fingerprint density at radius 3 is 2.62 bits per heavy atom. The first-order valence-electron chi connectivity index (χ1n) is 7.69. The van der Waals surface area contributed by atoms with Crippen LogP contribution in [0.1, 0.15) is 18.5 Å². The van der Waals surface area contributed by atoms with Crippen LogP contribution in [0.4, 0.5) is 4.39 Å². The number of nitrogens with two attached hydrogens (primary N) is 1. The lowest BCUT2D eigenvalue weighted by Gasteiger charge is -2.16. The van der Waals surface area contributed by atoms with E-state index in [0.29, 0.717) is 10.0 Å². The molecule has 3 N–H and O–H groups in total. The second kappa shape index (κ2) is 8.70. The highest BCUT2D eigenvalue weighted by atomic mass is 35.5. The van der Waals surface area contributed by atoms with Gasteiger partial charge < -0.3 is 11.1 Å². The molecule has 0 aliphatic rings. The van der Waals surface area contributed by atoms with Crippen LogP contribution in [-0.2, 0) is 9.84 Å². The molecule has 5 nitrogen and oxygen atoms in total. The summed E-state index contributed by atoms with van der Waals surface area (Å²) in [6.45, 7) is 1.73. The van der Waals surface area contributed by atoms with E-state index in [9.17, 15) is 12.8 Å². The SMILES string of the molecule is CC(NC(N)=NCCS(=O)(=O)c1ccccc1F)c1ccc(Cl)cc1Cl. The molecule has 9 heteroatoms. The zero-order valence-corrected chi connectivity index (χ0v) is 16.2. The van der Waals surface area contributed by atoms with Crippen LogP contribution in [0.25, 0.3) is 0 Å². The van der Waals surface area contributed by atoms with Crippen molar-refractivity contribution in [3.05, 3.63) is 63.9 Å². The Bertz CT molecular complexity index is 920. The van der Waals surface area contributed by atoms with Crippen LogP contribution in [0, 0.1) is 5.82 Å². The zero-order valence-electron chi connectivity index (χ0n) is 13.9. The Morgan fingerprint density at radius 1 is 1.27 bits per heavy atom. The second-order valence-corrected chi connectivity index (χ2v) is 8.47. The zero-order chi connectivity index (χ0) is 19.3. The summed E-state index contributed by atoms with van der Waals surface area (Å²) in [5.41, 5.74) is 6.56. The van der Waals surface area contributed by atoms with E-state index in [2.05, 4.69) is 10.3 Å². The first-order valence-corrected chi connectivity index (χ1v) is 10.1. The molecule has 0 aromatic heterocycles. The molecule has 2 rings (SSSR count). The molecule has 2 aromatic rings. The van der Waals surface area contributed by atoms with Crippen LogP contribution < -0.4 is 11.1 Å². The Kier molecular flexibility index (Phi) is 6.86. The molecule has 140 valence electrons. The van der Waals surface area contributed by atoms with Crippen molar-refractivity contribution in [3.63, 3.8) is 0 Å². The van der Waals surface area contributed by atoms with Crippen LogP contribution in [-0.4, -0.2) is 26.7 Å². The fourth-order valence-electron chi connectivity index (χ4n) is 2.29. The monoisotopic (exact) mass is 417 g/mol. The molecule has 1 atom stereocenters. The summed E-state index contributed by atoms with van der Waals surface area (Å²) in [7, 11) is -3.78. The van der Waals surface area contributed by atoms with Crippen molar-refractivity contribution in [2.45, 2.75) is 17.9 Å². The van der Waals surface area contributed by atoms with Crippen molar-refractivity contribution in [2.24, 2.45) is 10.7 Å². The van der Waals surface area contributed by atoms with E-state index in [-0.39, 0.29) is 29.2 Å². The third-order valence-electron chi connectivity index (χ3n) is 3.61. The average molecular weight is 418 g/mol. The number of sulfone groups is 1. The van der Waals surface area contributed by atoms with Gasteiger partial charge >= 0.3 is 0 Å². The number of benzene rings is 2. The first-order chi connectivity index (χ1) is 12.2. The lowest BCUT2D eigenvalue weighted by molar-refractivity contribution is 0.567. The predicted octanol–water partition coefficient (Wildman–Crippen LogP) is 3.57. The predicted molar refractivity (Wildman–Crippen MR) is 103 cm³/mol. The number of rotatable bonds is 6. The van der Waals surface area contributed by atoms with Crippen molar-refractivity contribution in [3.8, 4) is 0 Å². The standard InChI is InChI=1S/C17H18Cl2FN3O2S/c1-11(13-7-6-12(18)10-14(13)19)23-17(21)22-8-9-26(24,25)16-5-3-2-4-15(16)20/h2-7,10-11H,8-9H2,1H3,(H3,21,22,23). The topological polar surface area (TPSA) is 84.5 Å². The van der Waals surface area contributed by atoms with Gasteiger partial charge in [0.15, 0.2) is 15.8 Å². The average Bonchev–Trinajstić information content (AvgIpc) is 2.54. The van der Waals surface area contributed by atoms with E-state index >= 15 is 0 Å². The Morgan fingerprint density at radius 2 is 1.96 bits per heavy atom. The number of nitrogens with zero attached hydrogens (tertiary/aromatic N) is 1. The number of halogens is 3. The number of guanidine groups is 1. The van der Waals surface area contributed by atoms with Crippen LogP contribution in [0.5, 0.6) is 0 Å². The highest BCUT2D eigenvalue weighted by Gasteiger charge is 2.18. The Hall–Kier alpha value is -1.83. The smallest absolute Gasteiger partial charge is 0.189 e. The molecule has 0 amide bonds. The maximum absolute atomic E-state index is 13.6. The molecule has 0 fully saturated rings.